The molecule has 4 heteroatoms. The Morgan fingerprint density at radius 1 is 1.43 bits per heavy atom. The third kappa shape index (κ3) is 2.45. The average molecular weight is 198 g/mol. The van der Waals surface area contributed by atoms with Crippen LogP contribution in [0, 0.1) is 0 Å². The Kier molecular flexibility index (Phi) is 2.74. The van der Waals surface area contributed by atoms with Crippen molar-refractivity contribution in [3.8, 4) is 5.75 Å². The van der Waals surface area contributed by atoms with Gasteiger partial charge in [-0.2, -0.15) is 0 Å². The number of carbonyl (C=O) groups is 1. The first kappa shape index (κ1) is 10.5. The molecule has 0 aromatic heterocycles. The monoisotopic (exact) mass is 198 g/mol. The normalized spacial score (nSPS) is 14.7. The summed E-state index contributed by atoms with van der Waals surface area (Å²) in [4.78, 5) is 10.4. The summed E-state index contributed by atoms with van der Waals surface area (Å²) in [7, 11) is 0. The lowest BCUT2D eigenvalue weighted by Gasteiger charge is -2.18. The van der Waals surface area contributed by atoms with Crippen molar-refractivity contribution in [1.82, 2.24) is 0 Å². The molecule has 1 aromatic rings. The smallest absolute Gasteiger partial charge is 0.306 e. The Balaban J connectivity index is 2.91. The van der Waals surface area contributed by atoms with Crippen molar-refractivity contribution in [3.63, 3.8) is 0 Å². The van der Waals surface area contributed by atoms with E-state index in [4.69, 9.17) is 10.2 Å². The number of hydrogen-bond donors (Lipinski definition) is 2. The molecule has 0 saturated heterocycles. The summed E-state index contributed by atoms with van der Waals surface area (Å²) in [5.74, 6) is -1.16. The van der Waals surface area contributed by atoms with Gasteiger partial charge in [0.15, 0.2) is 0 Å². The third-order valence-electron chi connectivity index (χ3n) is 1.95. The van der Waals surface area contributed by atoms with Gasteiger partial charge in [-0.25, -0.2) is 4.39 Å². The standard InChI is InChI=1S/C10H11FO3/c1-10(11,6-9(13)14)7-2-4-8(12)5-3-7/h2-5,12H,6H2,1H3,(H,13,14). The molecule has 0 amide bonds. The summed E-state index contributed by atoms with van der Waals surface area (Å²) >= 11 is 0. The van der Waals surface area contributed by atoms with Gasteiger partial charge in [0.25, 0.3) is 0 Å². The molecule has 0 radical (unpaired) electrons. The number of carboxylic acids is 1. The van der Waals surface area contributed by atoms with Crippen LogP contribution >= 0.6 is 0 Å². The Labute approximate surface area is 80.8 Å². The Bertz CT molecular complexity index is 330. The molecule has 0 aliphatic carbocycles. The SMILES string of the molecule is CC(F)(CC(=O)O)c1ccc(O)cc1. The number of aliphatic carboxylic acids is 1. The van der Waals surface area contributed by atoms with Crippen molar-refractivity contribution < 1.29 is 19.4 Å². The fraction of sp³-hybridized carbons (Fsp3) is 0.300. The molecule has 1 atom stereocenters. The fourth-order valence-electron chi connectivity index (χ4n) is 1.20. The number of aromatic hydroxyl groups is 1. The van der Waals surface area contributed by atoms with E-state index in [2.05, 4.69) is 0 Å². The highest BCUT2D eigenvalue weighted by Gasteiger charge is 2.28. The minimum Gasteiger partial charge on any atom is -0.508 e. The Hall–Kier alpha value is -1.58. The van der Waals surface area contributed by atoms with Gasteiger partial charge in [-0.05, 0) is 24.6 Å². The lowest BCUT2D eigenvalue weighted by atomic mass is 9.94. The predicted molar refractivity (Wildman–Crippen MR) is 48.8 cm³/mol. The van der Waals surface area contributed by atoms with Crippen LogP contribution in [-0.2, 0) is 10.5 Å². The molecule has 14 heavy (non-hydrogen) atoms. The number of carboxylic acid groups (broad SMARTS) is 1. The van der Waals surface area contributed by atoms with Gasteiger partial charge >= 0.3 is 5.97 Å². The zero-order chi connectivity index (χ0) is 10.8. The molecular weight excluding hydrogens is 187 g/mol. The Morgan fingerprint density at radius 2 is 1.93 bits per heavy atom. The number of halogens is 1. The van der Waals surface area contributed by atoms with Crippen molar-refractivity contribution in [2.24, 2.45) is 0 Å². The molecular formula is C10H11FO3. The van der Waals surface area contributed by atoms with Crippen LogP contribution in [-0.4, -0.2) is 16.2 Å². The number of phenolic OH excluding ortho intramolecular Hbond substituents is 1. The van der Waals surface area contributed by atoms with Crippen LogP contribution < -0.4 is 0 Å². The van der Waals surface area contributed by atoms with Gasteiger partial charge in [0.1, 0.15) is 11.4 Å². The Morgan fingerprint density at radius 3 is 2.36 bits per heavy atom. The van der Waals surface area contributed by atoms with Gasteiger partial charge in [0.2, 0.25) is 0 Å². The van der Waals surface area contributed by atoms with Gasteiger partial charge in [-0.3, -0.25) is 4.79 Å². The minimum absolute atomic E-state index is 0.0277. The molecule has 0 aliphatic rings. The van der Waals surface area contributed by atoms with Crippen molar-refractivity contribution >= 4 is 5.97 Å². The van der Waals surface area contributed by atoms with Crippen LogP contribution in [0.3, 0.4) is 0 Å². The zero-order valence-corrected chi connectivity index (χ0v) is 7.70. The summed E-state index contributed by atoms with van der Waals surface area (Å²) in [6.07, 6.45) is -0.586. The minimum atomic E-state index is -1.90. The van der Waals surface area contributed by atoms with Crippen LogP contribution in [0.25, 0.3) is 0 Å². The zero-order valence-electron chi connectivity index (χ0n) is 7.70. The van der Waals surface area contributed by atoms with E-state index in [0.717, 1.165) is 0 Å². The second kappa shape index (κ2) is 3.65. The largest absolute Gasteiger partial charge is 0.508 e. The van der Waals surface area contributed by atoms with E-state index >= 15 is 0 Å². The molecule has 0 heterocycles. The molecule has 0 aliphatic heterocycles. The maximum atomic E-state index is 13.7. The molecule has 1 unspecified atom stereocenters. The lowest BCUT2D eigenvalue weighted by molar-refractivity contribution is -0.140. The number of benzene rings is 1. The first-order chi connectivity index (χ1) is 6.42. The van der Waals surface area contributed by atoms with Crippen molar-refractivity contribution in [1.29, 1.82) is 0 Å². The first-order valence-electron chi connectivity index (χ1n) is 4.12. The molecule has 2 N–H and O–H groups in total. The molecule has 0 bridgehead atoms. The van der Waals surface area contributed by atoms with Gasteiger partial charge in [0.05, 0.1) is 6.42 Å². The average Bonchev–Trinajstić information content (AvgIpc) is 2.02. The van der Waals surface area contributed by atoms with Crippen LogP contribution in [0.1, 0.15) is 18.9 Å². The summed E-state index contributed by atoms with van der Waals surface area (Å²) in [5.41, 5.74) is -1.66. The maximum absolute atomic E-state index is 13.7. The van der Waals surface area contributed by atoms with Crippen molar-refractivity contribution in [3.05, 3.63) is 29.8 Å². The van der Waals surface area contributed by atoms with Gasteiger partial charge in [0, 0.05) is 0 Å². The van der Waals surface area contributed by atoms with Crippen LogP contribution in [0.5, 0.6) is 5.75 Å². The quantitative estimate of drug-likeness (QED) is 0.781. The fourth-order valence-corrected chi connectivity index (χ4v) is 1.20. The van der Waals surface area contributed by atoms with E-state index in [1.54, 1.807) is 0 Å². The number of alkyl halides is 1. The second-order valence-corrected chi connectivity index (χ2v) is 3.31. The summed E-state index contributed by atoms with van der Waals surface area (Å²) in [6.45, 7) is 1.20. The second-order valence-electron chi connectivity index (χ2n) is 3.31. The number of phenols is 1. The third-order valence-corrected chi connectivity index (χ3v) is 1.95. The molecule has 1 rings (SSSR count). The topological polar surface area (TPSA) is 57.5 Å². The van der Waals surface area contributed by atoms with Crippen LogP contribution in [0.4, 0.5) is 4.39 Å². The van der Waals surface area contributed by atoms with Gasteiger partial charge in [-0.15, -0.1) is 0 Å². The number of rotatable bonds is 3. The summed E-state index contributed by atoms with van der Waals surface area (Å²) in [6, 6.07) is 5.40. The first-order valence-corrected chi connectivity index (χ1v) is 4.12. The van der Waals surface area contributed by atoms with E-state index < -0.39 is 18.1 Å². The predicted octanol–water partition coefficient (Wildman–Crippen LogP) is 2.05. The maximum Gasteiger partial charge on any atom is 0.306 e. The molecule has 0 fully saturated rings. The van der Waals surface area contributed by atoms with Crippen LogP contribution in [0.2, 0.25) is 0 Å². The highest BCUT2D eigenvalue weighted by atomic mass is 19.1. The molecule has 76 valence electrons. The van der Waals surface area contributed by atoms with Crippen LogP contribution in [0.15, 0.2) is 24.3 Å². The van der Waals surface area contributed by atoms with Crippen molar-refractivity contribution in [2.75, 3.05) is 0 Å². The van der Waals surface area contributed by atoms with E-state index in [0.29, 0.717) is 0 Å². The molecule has 3 nitrogen and oxygen atoms in total. The van der Waals surface area contributed by atoms with Gasteiger partial charge in [-0.1, -0.05) is 12.1 Å². The molecule has 0 spiro atoms. The van der Waals surface area contributed by atoms with E-state index in [1.165, 1.54) is 31.2 Å². The van der Waals surface area contributed by atoms with Crippen molar-refractivity contribution in [2.45, 2.75) is 19.0 Å². The number of hydrogen-bond acceptors (Lipinski definition) is 2. The summed E-state index contributed by atoms with van der Waals surface area (Å²) in [5, 5.41) is 17.4. The lowest BCUT2D eigenvalue weighted by Crippen LogP contribution is -2.19. The molecule has 0 saturated carbocycles. The summed E-state index contributed by atoms with van der Waals surface area (Å²) < 4.78 is 13.7. The van der Waals surface area contributed by atoms with Gasteiger partial charge < -0.3 is 10.2 Å². The highest BCUT2D eigenvalue weighted by Crippen LogP contribution is 2.30. The van der Waals surface area contributed by atoms with E-state index in [-0.39, 0.29) is 11.3 Å². The molecule has 1 aromatic carbocycles. The highest BCUT2D eigenvalue weighted by molar-refractivity contribution is 5.68. The van der Waals surface area contributed by atoms with E-state index in [1.807, 2.05) is 0 Å². The van der Waals surface area contributed by atoms with E-state index in [9.17, 15) is 9.18 Å².